The van der Waals surface area contributed by atoms with Gasteiger partial charge in [-0.25, -0.2) is 4.99 Å². The fourth-order valence-electron chi connectivity index (χ4n) is 6.68. The van der Waals surface area contributed by atoms with Gasteiger partial charge in [0.2, 0.25) is 0 Å². The maximum Gasteiger partial charge on any atom is 0.133 e. The van der Waals surface area contributed by atoms with Crippen molar-refractivity contribution in [3.8, 4) is 6.07 Å². The smallest absolute Gasteiger partial charge is 0.133 e. The number of piperidine rings is 1. The van der Waals surface area contributed by atoms with Crippen molar-refractivity contribution >= 4 is 34.4 Å². The quantitative estimate of drug-likeness (QED) is 0.433. The van der Waals surface area contributed by atoms with E-state index in [-0.39, 0.29) is 11.5 Å². The minimum atomic E-state index is -0.0514. The van der Waals surface area contributed by atoms with Crippen LogP contribution >= 0.6 is 12.2 Å². The SMILES string of the molecule is Cc1cc(C)c(N=C2C(N3CCCCC3)C3(CCCCC3)C(=S)N2c2ccc(C#N)cc2)c(C)c1. The number of benzene rings is 2. The highest BCUT2D eigenvalue weighted by molar-refractivity contribution is 7.80. The summed E-state index contributed by atoms with van der Waals surface area (Å²) in [4.78, 5) is 11.5. The molecule has 1 unspecified atom stereocenters. The Labute approximate surface area is 215 Å². The van der Waals surface area contributed by atoms with E-state index < -0.39 is 0 Å². The minimum Gasteiger partial charge on any atom is -0.293 e. The monoisotopic (exact) mass is 484 g/mol. The normalized spacial score (nSPS) is 23.7. The number of likely N-dealkylation sites (tertiary alicyclic amines) is 1. The van der Waals surface area contributed by atoms with Crippen molar-refractivity contribution in [3.63, 3.8) is 0 Å². The summed E-state index contributed by atoms with van der Waals surface area (Å²) in [7, 11) is 0. The van der Waals surface area contributed by atoms with E-state index in [4.69, 9.17) is 17.2 Å². The molecule has 1 spiro atoms. The molecule has 0 aromatic heterocycles. The number of amidine groups is 1. The molecular formula is C30H36N4S. The molecule has 2 aromatic carbocycles. The number of aryl methyl sites for hydroxylation is 3. The highest BCUT2D eigenvalue weighted by atomic mass is 32.1. The van der Waals surface area contributed by atoms with Crippen LogP contribution in [0.3, 0.4) is 0 Å². The topological polar surface area (TPSA) is 42.6 Å². The van der Waals surface area contributed by atoms with Gasteiger partial charge in [0.15, 0.2) is 0 Å². The minimum absolute atomic E-state index is 0.0514. The molecule has 2 aliphatic heterocycles. The highest BCUT2D eigenvalue weighted by Gasteiger charge is 2.57. The van der Waals surface area contributed by atoms with Crippen molar-refractivity contribution in [1.82, 2.24) is 4.90 Å². The van der Waals surface area contributed by atoms with E-state index in [1.807, 2.05) is 24.3 Å². The first kappa shape index (κ1) is 24.2. The summed E-state index contributed by atoms with van der Waals surface area (Å²) in [6.07, 6.45) is 9.79. The lowest BCUT2D eigenvalue weighted by Crippen LogP contribution is -2.52. The molecule has 5 heteroatoms. The first-order valence-electron chi connectivity index (χ1n) is 13.2. The number of hydrogen-bond donors (Lipinski definition) is 0. The molecule has 0 N–H and O–H groups in total. The molecule has 2 heterocycles. The molecule has 2 saturated heterocycles. The number of aliphatic imine (C=N–C) groups is 1. The van der Waals surface area contributed by atoms with E-state index in [1.54, 1.807) is 0 Å². The zero-order valence-electron chi connectivity index (χ0n) is 21.3. The average Bonchev–Trinajstić information content (AvgIpc) is 3.09. The second kappa shape index (κ2) is 9.84. The van der Waals surface area contributed by atoms with Gasteiger partial charge in [0, 0.05) is 11.1 Å². The van der Waals surface area contributed by atoms with E-state index in [9.17, 15) is 5.26 Å². The highest BCUT2D eigenvalue weighted by Crippen LogP contribution is 2.51. The summed E-state index contributed by atoms with van der Waals surface area (Å²) in [5, 5.41) is 9.37. The van der Waals surface area contributed by atoms with E-state index in [2.05, 4.69) is 48.8 Å². The fourth-order valence-corrected chi connectivity index (χ4v) is 7.20. The van der Waals surface area contributed by atoms with Crippen molar-refractivity contribution in [2.24, 2.45) is 10.4 Å². The average molecular weight is 485 g/mol. The molecule has 0 bridgehead atoms. The zero-order chi connectivity index (χ0) is 24.6. The molecule has 182 valence electrons. The first-order chi connectivity index (χ1) is 16.9. The summed E-state index contributed by atoms with van der Waals surface area (Å²) in [6, 6.07) is 14.8. The maximum absolute atomic E-state index is 9.37. The van der Waals surface area contributed by atoms with E-state index in [1.165, 1.54) is 55.2 Å². The van der Waals surface area contributed by atoms with Crippen LogP contribution in [-0.4, -0.2) is 34.9 Å². The van der Waals surface area contributed by atoms with Gasteiger partial charge in [-0.15, -0.1) is 0 Å². The molecule has 1 aliphatic carbocycles. The number of nitriles is 1. The van der Waals surface area contributed by atoms with Gasteiger partial charge in [0.25, 0.3) is 0 Å². The summed E-state index contributed by atoms with van der Waals surface area (Å²) < 4.78 is 0. The number of thiocarbonyl (C=S) groups is 1. The summed E-state index contributed by atoms with van der Waals surface area (Å²) >= 11 is 6.40. The zero-order valence-corrected chi connectivity index (χ0v) is 22.1. The lowest BCUT2D eigenvalue weighted by Gasteiger charge is -2.44. The van der Waals surface area contributed by atoms with Crippen LogP contribution in [0.2, 0.25) is 0 Å². The van der Waals surface area contributed by atoms with Gasteiger partial charge in [0.05, 0.1) is 28.4 Å². The molecule has 0 radical (unpaired) electrons. The van der Waals surface area contributed by atoms with Crippen LogP contribution in [0.1, 0.15) is 73.6 Å². The third kappa shape index (κ3) is 4.32. The summed E-state index contributed by atoms with van der Waals surface area (Å²) in [5.41, 5.74) is 6.41. The summed E-state index contributed by atoms with van der Waals surface area (Å²) in [5.74, 6) is 1.08. The Kier molecular flexibility index (Phi) is 6.79. The summed E-state index contributed by atoms with van der Waals surface area (Å²) in [6.45, 7) is 8.72. The molecule has 2 aromatic rings. The van der Waals surface area contributed by atoms with Gasteiger partial charge in [0.1, 0.15) is 5.84 Å². The van der Waals surface area contributed by atoms with Crippen molar-refractivity contribution in [3.05, 3.63) is 58.7 Å². The lowest BCUT2D eigenvalue weighted by molar-refractivity contribution is 0.113. The Morgan fingerprint density at radius 1 is 0.914 bits per heavy atom. The van der Waals surface area contributed by atoms with Crippen LogP contribution in [0.25, 0.3) is 0 Å². The van der Waals surface area contributed by atoms with Gasteiger partial charge in [-0.2, -0.15) is 5.26 Å². The Balaban J connectivity index is 1.72. The molecule has 35 heavy (non-hydrogen) atoms. The van der Waals surface area contributed by atoms with E-state index >= 15 is 0 Å². The molecule has 1 saturated carbocycles. The van der Waals surface area contributed by atoms with Crippen LogP contribution in [0.15, 0.2) is 41.4 Å². The number of hydrogen-bond acceptors (Lipinski definition) is 4. The Morgan fingerprint density at radius 2 is 1.51 bits per heavy atom. The molecule has 4 nitrogen and oxygen atoms in total. The van der Waals surface area contributed by atoms with Crippen LogP contribution in [-0.2, 0) is 0 Å². The van der Waals surface area contributed by atoms with Crippen LogP contribution in [0.5, 0.6) is 0 Å². The van der Waals surface area contributed by atoms with Crippen LogP contribution < -0.4 is 4.90 Å². The lowest BCUT2D eigenvalue weighted by atomic mass is 9.69. The molecule has 3 fully saturated rings. The fraction of sp³-hybridized carbons (Fsp3) is 0.500. The maximum atomic E-state index is 9.37. The van der Waals surface area contributed by atoms with Crippen LogP contribution in [0.4, 0.5) is 11.4 Å². The first-order valence-corrected chi connectivity index (χ1v) is 13.6. The molecule has 3 aliphatic rings. The molecular weight excluding hydrogens is 448 g/mol. The molecule has 0 amide bonds. The third-order valence-electron chi connectivity index (χ3n) is 8.24. The van der Waals surface area contributed by atoms with Gasteiger partial charge >= 0.3 is 0 Å². The third-order valence-corrected chi connectivity index (χ3v) is 8.83. The van der Waals surface area contributed by atoms with Gasteiger partial charge in [-0.3, -0.25) is 9.80 Å². The number of rotatable bonds is 3. The van der Waals surface area contributed by atoms with Crippen LogP contribution in [0, 0.1) is 37.5 Å². The predicted molar refractivity (Wildman–Crippen MR) is 149 cm³/mol. The van der Waals surface area contributed by atoms with Crippen molar-refractivity contribution < 1.29 is 0 Å². The second-order valence-corrected chi connectivity index (χ2v) is 11.1. The second-order valence-electron chi connectivity index (χ2n) is 10.7. The Hall–Kier alpha value is -2.55. The van der Waals surface area contributed by atoms with Crippen molar-refractivity contribution in [2.75, 3.05) is 18.0 Å². The Morgan fingerprint density at radius 3 is 2.11 bits per heavy atom. The van der Waals surface area contributed by atoms with Crippen molar-refractivity contribution in [1.29, 1.82) is 5.26 Å². The van der Waals surface area contributed by atoms with Gasteiger partial charge < -0.3 is 0 Å². The number of anilines is 1. The Bertz CT molecular complexity index is 1150. The van der Waals surface area contributed by atoms with Gasteiger partial charge in [-0.05, 0) is 94.9 Å². The predicted octanol–water partition coefficient (Wildman–Crippen LogP) is 7.17. The molecule has 5 rings (SSSR count). The standard InChI is InChI=1S/C30H36N4S/c1-21-18-22(2)26(23(3)19-21)32-28-27(33-16-8-5-9-17-33)30(14-6-4-7-15-30)29(35)34(28)25-12-10-24(20-31)11-13-25/h10-13,18-19,27H,4-9,14-17H2,1-3H3. The van der Waals surface area contributed by atoms with Crippen molar-refractivity contribution in [2.45, 2.75) is 78.2 Å². The van der Waals surface area contributed by atoms with E-state index in [0.29, 0.717) is 5.56 Å². The van der Waals surface area contributed by atoms with E-state index in [0.717, 1.165) is 48.1 Å². The number of nitrogens with zero attached hydrogens (tertiary/aromatic N) is 4. The van der Waals surface area contributed by atoms with Gasteiger partial charge in [-0.1, -0.05) is 55.6 Å². The largest absolute Gasteiger partial charge is 0.293 e. The molecule has 1 atom stereocenters.